The highest BCUT2D eigenvalue weighted by Crippen LogP contribution is 2.36. The molecule has 1 unspecified atom stereocenters. The zero-order valence-corrected chi connectivity index (χ0v) is 21.9. The minimum atomic E-state index is -5.10. The number of hydrogen-bond donors (Lipinski definition) is 0. The third-order valence-corrected chi connectivity index (χ3v) is 7.92. The van der Waals surface area contributed by atoms with Gasteiger partial charge in [0.05, 0.1) is 11.3 Å². The van der Waals surface area contributed by atoms with Gasteiger partial charge < -0.3 is 0 Å². The predicted octanol–water partition coefficient (Wildman–Crippen LogP) is 6.81. The van der Waals surface area contributed by atoms with Crippen LogP contribution < -0.4 is 0 Å². The van der Waals surface area contributed by atoms with E-state index in [2.05, 4.69) is 22.4 Å². The van der Waals surface area contributed by atoms with Gasteiger partial charge >= 0.3 is 0 Å². The van der Waals surface area contributed by atoms with Crippen LogP contribution in [0.5, 0.6) is 0 Å². The molecule has 40 heavy (non-hydrogen) atoms. The fraction of sp³-hybridized carbons (Fsp3) is 0.138. The van der Waals surface area contributed by atoms with Crippen LogP contribution in [0, 0.1) is 17.5 Å². The first-order chi connectivity index (χ1) is 19.2. The number of nitrogens with zero attached hydrogens (tertiary/aromatic N) is 4. The van der Waals surface area contributed by atoms with Gasteiger partial charge in [0.1, 0.15) is 17.5 Å². The van der Waals surface area contributed by atoms with E-state index in [1.54, 1.807) is 24.3 Å². The van der Waals surface area contributed by atoms with Crippen molar-refractivity contribution in [2.45, 2.75) is 30.4 Å². The Morgan fingerprint density at radius 2 is 1.43 bits per heavy atom. The molecule has 1 heterocycles. The number of para-hydroxylation sites is 1. The largest absolute Gasteiger partial charge is 0.275 e. The molecule has 5 rings (SSSR count). The molecule has 0 saturated carbocycles. The Hall–Kier alpha value is -4.38. The van der Waals surface area contributed by atoms with Crippen LogP contribution >= 0.6 is 0 Å². The lowest BCUT2D eigenvalue weighted by molar-refractivity contribution is 0.397. The van der Waals surface area contributed by atoms with Gasteiger partial charge in [0, 0.05) is 5.56 Å². The highest BCUT2D eigenvalue weighted by molar-refractivity contribution is 7.91. The second-order valence-corrected chi connectivity index (χ2v) is 10.9. The van der Waals surface area contributed by atoms with Crippen molar-refractivity contribution in [3.05, 3.63) is 114 Å². The Balaban J connectivity index is 1.46. The molecule has 0 saturated heterocycles. The topological polar surface area (TPSA) is 77.7 Å². The lowest BCUT2D eigenvalue weighted by Crippen LogP contribution is -2.18. The first-order valence-electron chi connectivity index (χ1n) is 12.3. The van der Waals surface area contributed by atoms with Crippen molar-refractivity contribution in [2.24, 2.45) is 0 Å². The highest BCUT2D eigenvalue weighted by atomic mass is 32.2. The maximum absolute atomic E-state index is 15.4. The van der Waals surface area contributed by atoms with Gasteiger partial charge in [-0.15, -0.1) is 0 Å². The first-order valence-corrected chi connectivity index (χ1v) is 13.8. The van der Waals surface area contributed by atoms with Crippen LogP contribution in [-0.2, 0) is 16.3 Å². The molecular formula is C29H22F4N4O2S. The average Bonchev–Trinajstić information content (AvgIpc) is 3.45. The van der Waals surface area contributed by atoms with E-state index in [1.807, 2.05) is 24.3 Å². The second-order valence-electron chi connectivity index (χ2n) is 9.06. The summed E-state index contributed by atoms with van der Waals surface area (Å²) in [5, 5.41) is 9.28. The molecule has 11 heteroatoms. The Bertz CT molecular complexity index is 1750. The molecule has 0 bridgehead atoms. The van der Waals surface area contributed by atoms with Crippen molar-refractivity contribution in [1.29, 1.82) is 0 Å². The van der Waals surface area contributed by atoms with Crippen molar-refractivity contribution in [3.8, 4) is 27.9 Å². The number of hydrogen-bond acceptors (Lipinski definition) is 5. The lowest BCUT2D eigenvalue weighted by atomic mass is 9.97. The van der Waals surface area contributed by atoms with E-state index >= 15 is 17.6 Å². The van der Waals surface area contributed by atoms with Gasteiger partial charge in [-0.1, -0.05) is 73.0 Å². The monoisotopic (exact) mass is 566 g/mol. The fourth-order valence-corrected chi connectivity index (χ4v) is 5.63. The Kier molecular flexibility index (Phi) is 7.49. The summed E-state index contributed by atoms with van der Waals surface area (Å²) in [6.07, 6.45) is 1.92. The molecule has 0 amide bonds. The molecule has 0 aliphatic rings. The van der Waals surface area contributed by atoms with Gasteiger partial charge in [-0.25, -0.2) is 26.0 Å². The van der Waals surface area contributed by atoms with Gasteiger partial charge in [0.15, 0.2) is 0 Å². The van der Waals surface area contributed by atoms with E-state index in [9.17, 15) is 8.42 Å². The van der Waals surface area contributed by atoms with Crippen LogP contribution in [0.1, 0.15) is 30.0 Å². The molecule has 0 aliphatic carbocycles. The van der Waals surface area contributed by atoms with E-state index in [0.29, 0.717) is 17.7 Å². The van der Waals surface area contributed by atoms with Crippen LogP contribution in [0.2, 0.25) is 0 Å². The van der Waals surface area contributed by atoms with Gasteiger partial charge in [-0.3, -0.25) is 0 Å². The Labute approximate surface area is 227 Å². The summed E-state index contributed by atoms with van der Waals surface area (Å²) in [6, 6.07) is 21.0. The molecule has 6 nitrogen and oxygen atoms in total. The number of aromatic nitrogens is 4. The van der Waals surface area contributed by atoms with Gasteiger partial charge in [-0.2, -0.15) is 4.68 Å². The Morgan fingerprint density at radius 3 is 2.05 bits per heavy atom. The van der Waals surface area contributed by atoms with Gasteiger partial charge in [0.2, 0.25) is 5.50 Å². The molecule has 5 aromatic rings. The number of benzene rings is 4. The predicted molar refractivity (Wildman–Crippen MR) is 141 cm³/mol. The summed E-state index contributed by atoms with van der Waals surface area (Å²) in [6.45, 7) is 2.07. The van der Waals surface area contributed by atoms with E-state index in [4.69, 9.17) is 0 Å². The molecule has 0 radical (unpaired) electrons. The zero-order chi connectivity index (χ0) is 28.4. The number of aryl methyl sites for hydroxylation is 1. The van der Waals surface area contributed by atoms with Crippen molar-refractivity contribution in [3.63, 3.8) is 0 Å². The molecule has 1 aromatic heterocycles. The Morgan fingerprint density at radius 1 is 0.800 bits per heavy atom. The summed E-state index contributed by atoms with van der Waals surface area (Å²) in [4.78, 5) is 0. The summed E-state index contributed by atoms with van der Waals surface area (Å²) < 4.78 is 87.4. The number of halogens is 4. The maximum Gasteiger partial charge on any atom is 0.275 e. The first kappa shape index (κ1) is 27.2. The smallest absolute Gasteiger partial charge is 0.224 e. The molecule has 1 atom stereocenters. The van der Waals surface area contributed by atoms with Crippen LogP contribution in [0.15, 0.2) is 90.1 Å². The molecule has 0 aliphatic heterocycles. The highest BCUT2D eigenvalue weighted by Gasteiger charge is 2.38. The molecular weight excluding hydrogens is 544 g/mol. The van der Waals surface area contributed by atoms with Crippen molar-refractivity contribution < 1.29 is 26.0 Å². The fourth-order valence-electron chi connectivity index (χ4n) is 4.37. The quantitative estimate of drug-likeness (QED) is 0.193. The van der Waals surface area contributed by atoms with E-state index in [-0.39, 0.29) is 16.8 Å². The number of sulfone groups is 1. The minimum Gasteiger partial charge on any atom is -0.224 e. The second kappa shape index (κ2) is 11.0. The molecule has 204 valence electrons. The lowest BCUT2D eigenvalue weighted by Gasteiger charge is -2.14. The zero-order valence-electron chi connectivity index (χ0n) is 21.1. The normalized spacial score (nSPS) is 12.4. The molecule has 0 spiro atoms. The van der Waals surface area contributed by atoms with E-state index < -0.39 is 43.5 Å². The number of rotatable bonds is 8. The van der Waals surface area contributed by atoms with E-state index in [1.165, 1.54) is 24.3 Å². The summed E-state index contributed by atoms with van der Waals surface area (Å²) in [5.74, 6) is -3.76. The van der Waals surface area contributed by atoms with Crippen molar-refractivity contribution >= 4 is 9.84 Å². The summed E-state index contributed by atoms with van der Waals surface area (Å²) >= 11 is 0. The minimum absolute atomic E-state index is 0.137. The van der Waals surface area contributed by atoms with Crippen LogP contribution in [-0.4, -0.2) is 28.6 Å². The summed E-state index contributed by atoms with van der Waals surface area (Å²) in [5.41, 5.74) is -2.20. The van der Waals surface area contributed by atoms with Crippen LogP contribution in [0.25, 0.3) is 27.9 Å². The van der Waals surface area contributed by atoms with Crippen molar-refractivity contribution in [1.82, 2.24) is 20.2 Å². The standard InChI is InChI=1S/C29H22F4N4O2S/c1-2-6-18-9-11-19(12-10-18)20-13-14-23(24(30)15-20)21-16-25(31)27(26(32)17-21)28(33)40(38,39)29-34-35-36-37(29)22-7-4-3-5-8-22/h3-5,7-17,28H,2,6H2,1H3. The third-order valence-electron chi connectivity index (χ3n) is 6.38. The van der Waals surface area contributed by atoms with Crippen LogP contribution in [0.3, 0.4) is 0 Å². The molecule has 0 fully saturated rings. The number of tetrazole rings is 1. The molecule has 4 aromatic carbocycles. The van der Waals surface area contributed by atoms with Crippen molar-refractivity contribution in [2.75, 3.05) is 0 Å². The summed E-state index contributed by atoms with van der Waals surface area (Å²) in [7, 11) is -5.10. The average molecular weight is 567 g/mol. The van der Waals surface area contributed by atoms with Gasteiger partial charge in [-0.05, 0) is 69.4 Å². The SMILES string of the molecule is CCCc1ccc(-c2ccc(-c3cc(F)c(C(F)S(=O)(=O)c4nnnn4-c4ccccc4)c(F)c3)c(F)c2)cc1. The third kappa shape index (κ3) is 5.12. The van der Waals surface area contributed by atoms with Gasteiger partial charge in [0.25, 0.3) is 15.0 Å². The number of alkyl halides is 1. The van der Waals surface area contributed by atoms with Crippen LogP contribution in [0.4, 0.5) is 17.6 Å². The maximum atomic E-state index is 15.4. The van der Waals surface area contributed by atoms with E-state index in [0.717, 1.165) is 28.7 Å². The molecule has 0 N–H and O–H groups in total.